The molecule has 0 aromatic heterocycles. The largest absolute Gasteiger partial charge is 0.497 e. The molecule has 4 aromatic rings. The van der Waals surface area contributed by atoms with E-state index in [2.05, 4.69) is 0 Å². The van der Waals surface area contributed by atoms with Gasteiger partial charge in [0, 0.05) is 16.7 Å². The minimum Gasteiger partial charge on any atom is -0.497 e. The van der Waals surface area contributed by atoms with Gasteiger partial charge in [-0.3, -0.25) is 0 Å². The van der Waals surface area contributed by atoms with Crippen LogP contribution in [0.15, 0.2) is 84.9 Å². The molecule has 1 heterocycles. The van der Waals surface area contributed by atoms with Gasteiger partial charge in [0.2, 0.25) is 0 Å². The van der Waals surface area contributed by atoms with Gasteiger partial charge in [-0.25, -0.2) is 4.39 Å². The van der Waals surface area contributed by atoms with E-state index in [1.165, 1.54) is 6.07 Å². The minimum absolute atomic E-state index is 0.322. The van der Waals surface area contributed by atoms with E-state index < -0.39 is 5.60 Å². The van der Waals surface area contributed by atoms with Gasteiger partial charge in [-0.2, -0.15) is 0 Å². The molecule has 5 rings (SSSR count). The second-order valence-electron chi connectivity index (χ2n) is 7.44. The lowest BCUT2D eigenvalue weighted by atomic mass is 9.83. The molecule has 0 radical (unpaired) electrons. The fraction of sp³-hybridized carbons (Fsp3) is 0.111. The van der Waals surface area contributed by atoms with E-state index in [1.807, 2.05) is 72.8 Å². The Hall–Kier alpha value is -3.79. The summed E-state index contributed by atoms with van der Waals surface area (Å²) >= 11 is 0. The average Bonchev–Trinajstić information content (AvgIpc) is 2.83. The van der Waals surface area contributed by atoms with Crippen molar-refractivity contribution < 1.29 is 18.6 Å². The zero-order valence-electron chi connectivity index (χ0n) is 17.3. The second kappa shape index (κ2) is 7.47. The molecule has 0 saturated heterocycles. The Labute approximate surface area is 180 Å². The molecule has 3 nitrogen and oxygen atoms in total. The Morgan fingerprint density at radius 1 is 0.806 bits per heavy atom. The maximum absolute atomic E-state index is 15.0. The molecule has 0 spiro atoms. The van der Waals surface area contributed by atoms with Crippen LogP contribution in [0.4, 0.5) is 4.39 Å². The van der Waals surface area contributed by atoms with Crippen LogP contribution in [0.3, 0.4) is 0 Å². The summed E-state index contributed by atoms with van der Waals surface area (Å²) in [6, 6.07) is 24.1. The fourth-order valence-corrected chi connectivity index (χ4v) is 4.16. The standard InChI is InChI=1S/C27H21FO3/c1-29-20-10-8-19(9-11-20)27(24-5-3-4-6-25(24)28)16-15-23-22-13-12-21(30-2)17-18(22)7-14-26(23)31-27/h3-17H,1-2H3/t27-/m1/s1. The lowest BCUT2D eigenvalue weighted by Gasteiger charge is -2.36. The number of hydrogen-bond donors (Lipinski definition) is 0. The van der Waals surface area contributed by atoms with Crippen molar-refractivity contribution in [2.45, 2.75) is 5.60 Å². The first kappa shape index (κ1) is 19.2. The highest BCUT2D eigenvalue weighted by atomic mass is 19.1. The molecule has 0 saturated carbocycles. The molecular weight excluding hydrogens is 391 g/mol. The van der Waals surface area contributed by atoms with Crippen molar-refractivity contribution in [2.75, 3.05) is 14.2 Å². The van der Waals surface area contributed by atoms with Crippen molar-refractivity contribution in [1.82, 2.24) is 0 Å². The van der Waals surface area contributed by atoms with E-state index in [1.54, 1.807) is 26.4 Å². The molecule has 0 fully saturated rings. The van der Waals surface area contributed by atoms with Crippen LogP contribution in [0.1, 0.15) is 16.7 Å². The summed E-state index contributed by atoms with van der Waals surface area (Å²) in [4.78, 5) is 0. The van der Waals surface area contributed by atoms with Gasteiger partial charge >= 0.3 is 0 Å². The average molecular weight is 412 g/mol. The van der Waals surface area contributed by atoms with Crippen molar-refractivity contribution in [3.63, 3.8) is 0 Å². The Bertz CT molecular complexity index is 1290. The number of hydrogen-bond acceptors (Lipinski definition) is 3. The van der Waals surface area contributed by atoms with E-state index in [4.69, 9.17) is 14.2 Å². The van der Waals surface area contributed by atoms with Crippen LogP contribution in [0.2, 0.25) is 0 Å². The van der Waals surface area contributed by atoms with Crippen LogP contribution < -0.4 is 14.2 Å². The topological polar surface area (TPSA) is 27.7 Å². The van der Waals surface area contributed by atoms with E-state index >= 15 is 4.39 Å². The first-order valence-corrected chi connectivity index (χ1v) is 10.0. The normalized spacial score (nSPS) is 17.1. The summed E-state index contributed by atoms with van der Waals surface area (Å²) in [5, 5.41) is 2.10. The maximum Gasteiger partial charge on any atom is 0.180 e. The predicted molar refractivity (Wildman–Crippen MR) is 120 cm³/mol. The molecular formula is C27H21FO3. The summed E-state index contributed by atoms with van der Waals surface area (Å²) in [5.74, 6) is 1.90. The van der Waals surface area contributed by atoms with Crippen LogP contribution in [0, 0.1) is 5.82 Å². The molecule has 4 heteroatoms. The molecule has 154 valence electrons. The van der Waals surface area contributed by atoms with E-state index in [9.17, 15) is 0 Å². The quantitative estimate of drug-likeness (QED) is 0.391. The Balaban J connectivity index is 1.71. The van der Waals surface area contributed by atoms with Gasteiger partial charge in [0.25, 0.3) is 0 Å². The number of fused-ring (bicyclic) bond motifs is 3. The smallest absolute Gasteiger partial charge is 0.180 e. The van der Waals surface area contributed by atoms with Gasteiger partial charge in [0.1, 0.15) is 23.1 Å². The minimum atomic E-state index is -1.09. The zero-order chi connectivity index (χ0) is 21.4. The van der Waals surface area contributed by atoms with Crippen LogP contribution in [-0.4, -0.2) is 14.2 Å². The van der Waals surface area contributed by atoms with Gasteiger partial charge in [0.15, 0.2) is 5.60 Å². The van der Waals surface area contributed by atoms with Crippen LogP contribution in [-0.2, 0) is 5.60 Å². The highest BCUT2D eigenvalue weighted by Gasteiger charge is 2.39. The van der Waals surface area contributed by atoms with Crippen molar-refractivity contribution >= 4 is 16.8 Å². The SMILES string of the molecule is COc1ccc([C@@]2(c3ccccc3F)C=Cc3c(ccc4cc(OC)ccc34)O2)cc1. The van der Waals surface area contributed by atoms with Gasteiger partial charge in [-0.1, -0.05) is 36.4 Å². The van der Waals surface area contributed by atoms with Crippen LogP contribution in [0.5, 0.6) is 17.2 Å². The number of ether oxygens (including phenoxy) is 3. The Morgan fingerprint density at radius 2 is 1.55 bits per heavy atom. The molecule has 0 aliphatic carbocycles. The van der Waals surface area contributed by atoms with E-state index in [0.717, 1.165) is 33.4 Å². The molecule has 0 N–H and O–H groups in total. The van der Waals surface area contributed by atoms with Crippen LogP contribution >= 0.6 is 0 Å². The van der Waals surface area contributed by atoms with Crippen molar-refractivity contribution in [3.8, 4) is 17.2 Å². The first-order chi connectivity index (χ1) is 15.1. The maximum atomic E-state index is 15.0. The fourth-order valence-electron chi connectivity index (χ4n) is 4.16. The molecule has 1 atom stereocenters. The Morgan fingerprint density at radius 3 is 2.29 bits per heavy atom. The lowest BCUT2D eigenvalue weighted by Crippen LogP contribution is -2.35. The van der Waals surface area contributed by atoms with Gasteiger partial charge in [-0.05, 0) is 65.4 Å². The monoisotopic (exact) mass is 412 g/mol. The number of methoxy groups -OCH3 is 2. The van der Waals surface area contributed by atoms with Gasteiger partial charge in [0.05, 0.1) is 14.2 Å². The van der Waals surface area contributed by atoms with Crippen molar-refractivity contribution in [1.29, 1.82) is 0 Å². The van der Waals surface area contributed by atoms with Crippen molar-refractivity contribution in [3.05, 3.63) is 107 Å². The summed E-state index contributed by atoms with van der Waals surface area (Å²) in [7, 11) is 3.27. The third-order valence-corrected chi connectivity index (χ3v) is 5.78. The zero-order valence-corrected chi connectivity index (χ0v) is 17.3. The Kier molecular flexibility index (Phi) is 4.63. The summed E-state index contributed by atoms with van der Waals surface area (Å²) in [6.07, 6.45) is 3.95. The van der Waals surface area contributed by atoms with Gasteiger partial charge in [-0.15, -0.1) is 0 Å². The van der Waals surface area contributed by atoms with E-state index in [-0.39, 0.29) is 5.82 Å². The first-order valence-electron chi connectivity index (χ1n) is 10.0. The lowest BCUT2D eigenvalue weighted by molar-refractivity contribution is 0.156. The number of benzene rings is 4. The van der Waals surface area contributed by atoms with Crippen molar-refractivity contribution in [2.24, 2.45) is 0 Å². The molecule has 1 aliphatic heterocycles. The highest BCUT2D eigenvalue weighted by molar-refractivity contribution is 5.94. The molecule has 31 heavy (non-hydrogen) atoms. The second-order valence-corrected chi connectivity index (χ2v) is 7.44. The highest BCUT2D eigenvalue weighted by Crippen LogP contribution is 2.45. The molecule has 4 aromatic carbocycles. The van der Waals surface area contributed by atoms with Crippen LogP contribution in [0.25, 0.3) is 16.8 Å². The molecule has 0 bridgehead atoms. The summed E-state index contributed by atoms with van der Waals surface area (Å²) in [5.41, 5.74) is 1.14. The van der Waals surface area contributed by atoms with E-state index in [0.29, 0.717) is 11.3 Å². The summed E-state index contributed by atoms with van der Waals surface area (Å²) < 4.78 is 32.3. The number of rotatable bonds is 4. The molecule has 0 unspecified atom stereocenters. The number of halogens is 1. The van der Waals surface area contributed by atoms with Gasteiger partial charge < -0.3 is 14.2 Å². The predicted octanol–water partition coefficient (Wildman–Crippen LogP) is 6.35. The summed E-state index contributed by atoms with van der Waals surface area (Å²) in [6.45, 7) is 0. The molecule has 0 amide bonds. The third-order valence-electron chi connectivity index (χ3n) is 5.78. The third kappa shape index (κ3) is 3.12. The molecule has 1 aliphatic rings.